The van der Waals surface area contributed by atoms with E-state index in [2.05, 4.69) is 5.32 Å². The first-order chi connectivity index (χ1) is 19.6. The van der Waals surface area contributed by atoms with E-state index in [1.54, 1.807) is 48.5 Å². The highest BCUT2D eigenvalue weighted by Gasteiger charge is 2.34. The van der Waals surface area contributed by atoms with Gasteiger partial charge in [0.1, 0.15) is 12.6 Å². The summed E-state index contributed by atoms with van der Waals surface area (Å²) in [5.41, 5.74) is 3.06. The van der Waals surface area contributed by atoms with Crippen LogP contribution in [0.15, 0.2) is 77.7 Å². The van der Waals surface area contributed by atoms with Crippen molar-refractivity contribution in [1.82, 2.24) is 10.2 Å². The fraction of sp³-hybridized carbons (Fsp3) is 0.375. The Hall–Kier alpha value is -3.36. The summed E-state index contributed by atoms with van der Waals surface area (Å²) in [6, 6.07) is 20.0. The number of hydrogen-bond donors (Lipinski definition) is 1. The highest BCUT2D eigenvalue weighted by Crippen LogP contribution is 2.26. The number of halogens is 1. The van der Waals surface area contributed by atoms with Crippen molar-refractivity contribution in [3.63, 3.8) is 0 Å². The molecule has 0 aromatic heterocycles. The number of sulfonamides is 1. The molecule has 41 heavy (non-hydrogen) atoms. The van der Waals surface area contributed by atoms with Crippen LogP contribution in [0.1, 0.15) is 55.7 Å². The lowest BCUT2D eigenvalue weighted by molar-refractivity contribution is -0.140. The number of aryl methyl sites for hydroxylation is 2. The summed E-state index contributed by atoms with van der Waals surface area (Å²) in [6.45, 7) is 5.34. The summed E-state index contributed by atoms with van der Waals surface area (Å²) < 4.78 is 29.0. The first-order valence-electron chi connectivity index (χ1n) is 14.1. The van der Waals surface area contributed by atoms with Gasteiger partial charge in [-0.15, -0.1) is 0 Å². The van der Waals surface area contributed by atoms with Gasteiger partial charge in [0.25, 0.3) is 10.0 Å². The summed E-state index contributed by atoms with van der Waals surface area (Å²) in [5.74, 6) is -0.686. The van der Waals surface area contributed by atoms with Gasteiger partial charge in [-0.1, -0.05) is 78.9 Å². The van der Waals surface area contributed by atoms with E-state index in [1.165, 1.54) is 4.90 Å². The number of rotatable bonds is 11. The van der Waals surface area contributed by atoms with E-state index in [0.29, 0.717) is 17.1 Å². The molecule has 9 heteroatoms. The van der Waals surface area contributed by atoms with E-state index in [9.17, 15) is 18.0 Å². The Kier molecular flexibility index (Phi) is 10.1. The van der Waals surface area contributed by atoms with Crippen LogP contribution >= 0.6 is 11.6 Å². The predicted octanol–water partition coefficient (Wildman–Crippen LogP) is 6.02. The number of nitrogens with one attached hydrogen (secondary N) is 1. The van der Waals surface area contributed by atoms with Crippen LogP contribution in [0.4, 0.5) is 5.69 Å². The number of carbonyl (C=O) groups is 2. The Labute approximate surface area is 248 Å². The number of amides is 2. The van der Waals surface area contributed by atoms with Gasteiger partial charge in [-0.05, 0) is 75.1 Å². The molecule has 1 saturated carbocycles. The van der Waals surface area contributed by atoms with Gasteiger partial charge in [-0.2, -0.15) is 0 Å². The van der Waals surface area contributed by atoms with E-state index in [0.717, 1.165) is 46.7 Å². The molecule has 0 spiro atoms. The summed E-state index contributed by atoms with van der Waals surface area (Å²) in [4.78, 5) is 29.2. The molecule has 0 saturated heterocycles. The highest BCUT2D eigenvalue weighted by molar-refractivity contribution is 7.92. The number of anilines is 1. The third-order valence-corrected chi connectivity index (χ3v) is 9.60. The molecule has 3 aromatic carbocycles. The Morgan fingerprint density at radius 1 is 0.902 bits per heavy atom. The largest absolute Gasteiger partial charge is 0.352 e. The average Bonchev–Trinajstić information content (AvgIpc) is 3.46. The topological polar surface area (TPSA) is 86.8 Å². The van der Waals surface area contributed by atoms with Gasteiger partial charge < -0.3 is 10.2 Å². The minimum absolute atomic E-state index is 0.0896. The number of benzene rings is 3. The van der Waals surface area contributed by atoms with Crippen LogP contribution in [-0.2, 0) is 26.2 Å². The SMILES string of the molecule is CC[C@H](C(=O)NC1CCCC1)N(Cc1ccc(Cl)cc1)C(=O)CN(c1ccc(C)cc1)S(=O)(=O)c1ccc(C)cc1. The highest BCUT2D eigenvalue weighted by atomic mass is 35.5. The second-order valence-electron chi connectivity index (χ2n) is 10.7. The molecule has 0 aliphatic heterocycles. The maximum absolute atomic E-state index is 14.2. The van der Waals surface area contributed by atoms with Gasteiger partial charge in [0, 0.05) is 17.6 Å². The van der Waals surface area contributed by atoms with E-state index in [-0.39, 0.29) is 23.4 Å². The van der Waals surface area contributed by atoms with Crippen molar-refractivity contribution in [2.24, 2.45) is 0 Å². The Morgan fingerprint density at radius 3 is 2.02 bits per heavy atom. The van der Waals surface area contributed by atoms with Gasteiger partial charge in [0.15, 0.2) is 0 Å². The maximum atomic E-state index is 14.2. The molecule has 1 fully saturated rings. The Bertz CT molecular complexity index is 1440. The molecular weight excluding hydrogens is 558 g/mol. The van der Waals surface area contributed by atoms with E-state index in [4.69, 9.17) is 11.6 Å². The van der Waals surface area contributed by atoms with Crippen molar-refractivity contribution in [2.45, 2.75) is 76.4 Å². The minimum atomic E-state index is -4.09. The molecule has 4 rings (SSSR count). The lowest BCUT2D eigenvalue weighted by Crippen LogP contribution is -2.53. The van der Waals surface area contributed by atoms with Crippen molar-refractivity contribution in [2.75, 3.05) is 10.8 Å². The molecule has 1 aliphatic carbocycles. The van der Waals surface area contributed by atoms with Crippen LogP contribution in [0.3, 0.4) is 0 Å². The summed E-state index contributed by atoms with van der Waals surface area (Å²) in [6.07, 6.45) is 4.36. The van der Waals surface area contributed by atoms with Gasteiger partial charge >= 0.3 is 0 Å². The molecule has 0 unspecified atom stereocenters. The third-order valence-electron chi connectivity index (χ3n) is 7.56. The molecule has 0 heterocycles. The normalized spacial score (nSPS) is 14.4. The van der Waals surface area contributed by atoms with E-state index >= 15 is 0 Å². The summed E-state index contributed by atoms with van der Waals surface area (Å²) >= 11 is 6.09. The van der Waals surface area contributed by atoms with Crippen LogP contribution in [-0.4, -0.2) is 43.8 Å². The fourth-order valence-corrected chi connectivity index (χ4v) is 6.69. The lowest BCUT2D eigenvalue weighted by Gasteiger charge is -2.33. The van der Waals surface area contributed by atoms with Crippen molar-refractivity contribution in [3.8, 4) is 0 Å². The second-order valence-corrected chi connectivity index (χ2v) is 13.0. The Balaban J connectivity index is 1.70. The molecule has 1 aliphatic rings. The fourth-order valence-electron chi connectivity index (χ4n) is 5.15. The van der Waals surface area contributed by atoms with E-state index in [1.807, 2.05) is 45.0 Å². The first kappa shape index (κ1) is 30.6. The molecule has 218 valence electrons. The third kappa shape index (κ3) is 7.68. The maximum Gasteiger partial charge on any atom is 0.264 e. The zero-order valence-corrected chi connectivity index (χ0v) is 25.4. The average molecular weight is 596 g/mol. The molecule has 1 atom stereocenters. The van der Waals surface area contributed by atoms with Crippen LogP contribution in [0.25, 0.3) is 0 Å². The standard InChI is InChI=1S/C32H38ClN3O4S/c1-4-30(32(38)34-27-7-5-6-8-27)35(21-25-13-15-26(33)16-14-25)31(37)22-36(28-17-9-23(2)10-18-28)41(39,40)29-19-11-24(3)12-20-29/h9-20,27,30H,4-8,21-22H2,1-3H3,(H,34,38)/t30-/m1/s1. The molecule has 3 aromatic rings. The Morgan fingerprint density at radius 2 is 1.46 bits per heavy atom. The molecule has 7 nitrogen and oxygen atoms in total. The minimum Gasteiger partial charge on any atom is -0.352 e. The van der Waals surface area contributed by atoms with E-state index < -0.39 is 28.5 Å². The van der Waals surface area contributed by atoms with Gasteiger partial charge in [-0.3, -0.25) is 13.9 Å². The van der Waals surface area contributed by atoms with Crippen molar-refractivity contribution in [3.05, 3.63) is 94.5 Å². The number of nitrogens with zero attached hydrogens (tertiary/aromatic N) is 2. The molecule has 0 radical (unpaired) electrons. The van der Waals surface area contributed by atoms with Crippen molar-refractivity contribution >= 4 is 39.1 Å². The van der Waals surface area contributed by atoms with Gasteiger partial charge in [0.2, 0.25) is 11.8 Å². The van der Waals surface area contributed by atoms with Crippen LogP contribution in [0, 0.1) is 13.8 Å². The lowest BCUT2D eigenvalue weighted by atomic mass is 10.1. The predicted molar refractivity (Wildman–Crippen MR) is 163 cm³/mol. The van der Waals surface area contributed by atoms with Crippen molar-refractivity contribution in [1.29, 1.82) is 0 Å². The quantitative estimate of drug-likeness (QED) is 0.294. The van der Waals surface area contributed by atoms with Crippen LogP contribution in [0.2, 0.25) is 5.02 Å². The second kappa shape index (κ2) is 13.5. The summed E-state index contributed by atoms with van der Waals surface area (Å²) in [7, 11) is -4.09. The zero-order valence-electron chi connectivity index (χ0n) is 23.8. The number of carbonyl (C=O) groups excluding carboxylic acids is 2. The van der Waals surface area contributed by atoms with Crippen LogP contribution < -0.4 is 9.62 Å². The molecular formula is C32H38ClN3O4S. The van der Waals surface area contributed by atoms with Gasteiger partial charge in [0.05, 0.1) is 10.6 Å². The molecule has 1 N–H and O–H groups in total. The van der Waals surface area contributed by atoms with Crippen LogP contribution in [0.5, 0.6) is 0 Å². The molecule has 0 bridgehead atoms. The summed E-state index contributed by atoms with van der Waals surface area (Å²) in [5, 5.41) is 3.69. The molecule has 2 amide bonds. The first-order valence-corrected chi connectivity index (χ1v) is 15.9. The zero-order chi connectivity index (χ0) is 29.6. The monoisotopic (exact) mass is 595 g/mol. The number of hydrogen-bond acceptors (Lipinski definition) is 4. The van der Waals surface area contributed by atoms with Crippen molar-refractivity contribution < 1.29 is 18.0 Å². The smallest absolute Gasteiger partial charge is 0.264 e. The van der Waals surface area contributed by atoms with Gasteiger partial charge in [-0.25, -0.2) is 8.42 Å².